The SMILES string of the molecule is O=S([O-])Cc1cc(O)ccc1F. The lowest BCUT2D eigenvalue weighted by Gasteiger charge is -2.05. The average Bonchev–Trinajstić information content (AvgIpc) is 1.96. The fourth-order valence-electron chi connectivity index (χ4n) is 0.799. The van der Waals surface area contributed by atoms with E-state index in [-0.39, 0.29) is 11.3 Å². The number of hydrogen-bond acceptors (Lipinski definition) is 3. The summed E-state index contributed by atoms with van der Waals surface area (Å²) in [6.07, 6.45) is 0. The van der Waals surface area contributed by atoms with Gasteiger partial charge in [0.15, 0.2) is 0 Å². The van der Waals surface area contributed by atoms with E-state index in [1.165, 1.54) is 0 Å². The Morgan fingerprint density at radius 2 is 2.25 bits per heavy atom. The van der Waals surface area contributed by atoms with Crippen molar-refractivity contribution in [1.29, 1.82) is 0 Å². The Balaban J connectivity index is 2.97. The highest BCUT2D eigenvalue weighted by Crippen LogP contribution is 2.16. The molecule has 0 saturated heterocycles. The number of rotatable bonds is 2. The van der Waals surface area contributed by atoms with Crippen LogP contribution in [-0.2, 0) is 16.8 Å². The van der Waals surface area contributed by atoms with Crippen molar-refractivity contribution in [1.82, 2.24) is 0 Å². The van der Waals surface area contributed by atoms with Crippen molar-refractivity contribution in [2.24, 2.45) is 0 Å². The van der Waals surface area contributed by atoms with Crippen molar-refractivity contribution in [2.45, 2.75) is 5.75 Å². The molecule has 5 heteroatoms. The Morgan fingerprint density at radius 3 is 2.83 bits per heavy atom. The van der Waals surface area contributed by atoms with Gasteiger partial charge >= 0.3 is 0 Å². The highest BCUT2D eigenvalue weighted by atomic mass is 32.2. The van der Waals surface area contributed by atoms with Gasteiger partial charge in [0.25, 0.3) is 0 Å². The second kappa shape index (κ2) is 3.64. The molecule has 0 aliphatic heterocycles. The molecule has 0 saturated carbocycles. The van der Waals surface area contributed by atoms with Gasteiger partial charge in [0, 0.05) is 11.3 Å². The summed E-state index contributed by atoms with van der Waals surface area (Å²) in [5, 5.41) is 8.88. The highest BCUT2D eigenvalue weighted by Gasteiger charge is 2.02. The van der Waals surface area contributed by atoms with Crippen LogP contribution in [0, 0.1) is 5.82 Å². The molecule has 0 aliphatic carbocycles. The number of halogens is 1. The Morgan fingerprint density at radius 1 is 1.58 bits per heavy atom. The van der Waals surface area contributed by atoms with Gasteiger partial charge in [0.1, 0.15) is 11.6 Å². The summed E-state index contributed by atoms with van der Waals surface area (Å²) in [6.45, 7) is 0. The third-order valence-corrected chi connectivity index (χ3v) is 1.85. The summed E-state index contributed by atoms with van der Waals surface area (Å²) in [7, 11) is 0. The van der Waals surface area contributed by atoms with E-state index in [1.54, 1.807) is 0 Å². The van der Waals surface area contributed by atoms with E-state index in [9.17, 15) is 13.2 Å². The summed E-state index contributed by atoms with van der Waals surface area (Å²) in [5.74, 6) is -1.19. The molecule has 66 valence electrons. The number of hydrogen-bond donors (Lipinski definition) is 1. The maximum absolute atomic E-state index is 12.7. The molecule has 0 aliphatic rings. The summed E-state index contributed by atoms with van der Waals surface area (Å²) in [5.41, 5.74) is -0.0247. The van der Waals surface area contributed by atoms with Gasteiger partial charge in [-0.05, 0) is 18.2 Å². The van der Waals surface area contributed by atoms with Gasteiger partial charge in [-0.2, -0.15) is 0 Å². The monoisotopic (exact) mass is 189 g/mol. The zero-order chi connectivity index (χ0) is 9.14. The van der Waals surface area contributed by atoms with Crippen molar-refractivity contribution < 1.29 is 18.3 Å². The van der Waals surface area contributed by atoms with Crippen LogP contribution in [0.1, 0.15) is 5.56 Å². The smallest absolute Gasteiger partial charge is 0.127 e. The van der Waals surface area contributed by atoms with Crippen LogP contribution in [-0.4, -0.2) is 13.9 Å². The maximum Gasteiger partial charge on any atom is 0.127 e. The molecule has 0 amide bonds. The highest BCUT2D eigenvalue weighted by molar-refractivity contribution is 7.78. The molecule has 0 bridgehead atoms. The molecule has 1 atom stereocenters. The predicted molar refractivity (Wildman–Crippen MR) is 40.7 cm³/mol. The predicted octanol–water partition coefficient (Wildman–Crippen LogP) is 0.910. The largest absolute Gasteiger partial charge is 0.772 e. The normalized spacial score (nSPS) is 12.8. The minimum atomic E-state index is -2.34. The minimum Gasteiger partial charge on any atom is -0.772 e. The molecule has 0 heterocycles. The average molecular weight is 189 g/mol. The second-order valence-electron chi connectivity index (χ2n) is 2.22. The zero-order valence-electron chi connectivity index (χ0n) is 5.99. The number of benzene rings is 1. The van der Waals surface area contributed by atoms with Gasteiger partial charge in [-0.3, -0.25) is 4.21 Å². The topological polar surface area (TPSA) is 60.4 Å². The lowest BCUT2D eigenvalue weighted by molar-refractivity contribution is 0.471. The summed E-state index contributed by atoms with van der Waals surface area (Å²) in [6, 6.07) is 3.27. The fourth-order valence-corrected chi connectivity index (χ4v) is 1.27. The Bertz CT molecular complexity index is 314. The lowest BCUT2D eigenvalue weighted by Crippen LogP contribution is -1.96. The van der Waals surface area contributed by atoms with E-state index in [4.69, 9.17) is 5.11 Å². The van der Waals surface area contributed by atoms with Crippen molar-refractivity contribution >= 4 is 11.1 Å². The molecule has 0 fully saturated rings. The molecule has 0 radical (unpaired) electrons. The van der Waals surface area contributed by atoms with Crippen LogP contribution in [0.3, 0.4) is 0 Å². The van der Waals surface area contributed by atoms with Crippen LogP contribution in [0.4, 0.5) is 4.39 Å². The molecule has 1 unspecified atom stereocenters. The van der Waals surface area contributed by atoms with Gasteiger partial charge in [-0.1, -0.05) is 11.1 Å². The molecule has 12 heavy (non-hydrogen) atoms. The van der Waals surface area contributed by atoms with Gasteiger partial charge in [0.2, 0.25) is 0 Å². The van der Waals surface area contributed by atoms with E-state index < -0.39 is 22.7 Å². The van der Waals surface area contributed by atoms with E-state index in [2.05, 4.69) is 0 Å². The first-order valence-corrected chi connectivity index (χ1v) is 4.37. The van der Waals surface area contributed by atoms with Crippen LogP contribution in [0.15, 0.2) is 18.2 Å². The summed E-state index contributed by atoms with van der Waals surface area (Å²) in [4.78, 5) is 0. The number of phenols is 1. The molecule has 0 spiro atoms. The van der Waals surface area contributed by atoms with Crippen molar-refractivity contribution in [3.63, 3.8) is 0 Å². The van der Waals surface area contributed by atoms with Gasteiger partial charge in [-0.25, -0.2) is 4.39 Å². The van der Waals surface area contributed by atoms with E-state index >= 15 is 0 Å². The fraction of sp³-hybridized carbons (Fsp3) is 0.143. The van der Waals surface area contributed by atoms with Crippen molar-refractivity contribution in [3.8, 4) is 5.75 Å². The van der Waals surface area contributed by atoms with Gasteiger partial charge in [-0.15, -0.1) is 0 Å². The van der Waals surface area contributed by atoms with Gasteiger partial charge in [0.05, 0.1) is 0 Å². The van der Waals surface area contributed by atoms with Crippen molar-refractivity contribution in [3.05, 3.63) is 29.6 Å². The summed E-state index contributed by atoms with van der Waals surface area (Å²) < 4.78 is 33.1. The van der Waals surface area contributed by atoms with Crippen LogP contribution in [0.25, 0.3) is 0 Å². The van der Waals surface area contributed by atoms with E-state index in [1.807, 2.05) is 0 Å². The maximum atomic E-state index is 12.7. The first kappa shape index (κ1) is 9.15. The zero-order valence-corrected chi connectivity index (χ0v) is 6.81. The third-order valence-electron chi connectivity index (χ3n) is 1.30. The molecule has 1 aromatic rings. The minimum absolute atomic E-state index is 0.0247. The molecule has 1 rings (SSSR count). The molecule has 0 aromatic heterocycles. The van der Waals surface area contributed by atoms with Crippen LogP contribution in [0.5, 0.6) is 5.75 Å². The second-order valence-corrected chi connectivity index (χ2v) is 3.12. The van der Waals surface area contributed by atoms with E-state index in [0.717, 1.165) is 18.2 Å². The lowest BCUT2D eigenvalue weighted by atomic mass is 10.2. The first-order valence-electron chi connectivity index (χ1n) is 3.13. The standard InChI is InChI=1S/C7H7FO3S/c8-7-2-1-6(9)3-5(7)4-12(10)11/h1-3,9H,4H2,(H,10,11)/p-1. The number of aromatic hydroxyl groups is 1. The molecular formula is C7H6FO3S-. The molecule has 3 nitrogen and oxygen atoms in total. The van der Waals surface area contributed by atoms with Gasteiger partial charge < -0.3 is 9.66 Å². The van der Waals surface area contributed by atoms with Crippen LogP contribution >= 0.6 is 0 Å². The van der Waals surface area contributed by atoms with Crippen molar-refractivity contribution in [2.75, 3.05) is 0 Å². The first-order chi connectivity index (χ1) is 5.59. The third kappa shape index (κ3) is 2.28. The number of phenolic OH excluding ortho intramolecular Hbond substituents is 1. The van der Waals surface area contributed by atoms with Crippen LogP contribution in [0.2, 0.25) is 0 Å². The quantitative estimate of drug-likeness (QED) is 0.703. The van der Waals surface area contributed by atoms with E-state index in [0.29, 0.717) is 0 Å². The molecular weight excluding hydrogens is 183 g/mol. The molecule has 1 aromatic carbocycles. The Kier molecular flexibility index (Phi) is 2.78. The van der Waals surface area contributed by atoms with Crippen LogP contribution < -0.4 is 0 Å². The Labute approximate surface area is 71.1 Å². The Hall–Kier alpha value is -0.940. The summed E-state index contributed by atoms with van der Waals surface area (Å²) >= 11 is -2.34. The molecule has 1 N–H and O–H groups in total.